The van der Waals surface area contributed by atoms with Crippen LogP contribution < -0.4 is 0 Å². The first-order valence-electron chi connectivity index (χ1n) is 6.11. The lowest BCUT2D eigenvalue weighted by molar-refractivity contribution is 0.0735. The standard InChI is InChI=1S/C13H17ClFNO3S/c1-5-9(3)16(4)13(17)11-7-10(20(14,18)19)6-8(2)12(11)15/h6-7,9H,5H2,1-4H3. The van der Waals surface area contributed by atoms with Crippen LogP contribution in [-0.2, 0) is 9.05 Å². The van der Waals surface area contributed by atoms with Gasteiger partial charge in [-0.3, -0.25) is 4.79 Å². The molecule has 0 saturated carbocycles. The average Bonchev–Trinajstić information content (AvgIpc) is 2.37. The van der Waals surface area contributed by atoms with Crippen LogP contribution in [0.25, 0.3) is 0 Å². The van der Waals surface area contributed by atoms with Crippen LogP contribution in [0, 0.1) is 12.7 Å². The molecule has 7 heteroatoms. The number of aryl methyl sites for hydroxylation is 1. The number of carbonyl (C=O) groups is 1. The molecule has 0 saturated heterocycles. The fourth-order valence-electron chi connectivity index (χ4n) is 1.70. The van der Waals surface area contributed by atoms with E-state index in [-0.39, 0.29) is 22.1 Å². The van der Waals surface area contributed by atoms with E-state index in [0.29, 0.717) is 6.42 Å². The van der Waals surface area contributed by atoms with Gasteiger partial charge in [-0.2, -0.15) is 0 Å². The Morgan fingerprint density at radius 3 is 2.45 bits per heavy atom. The third-order valence-corrected chi connectivity index (χ3v) is 4.65. The van der Waals surface area contributed by atoms with Crippen molar-refractivity contribution in [1.29, 1.82) is 0 Å². The SMILES string of the molecule is CCC(C)N(C)C(=O)c1cc(S(=O)(=O)Cl)cc(C)c1F. The Morgan fingerprint density at radius 2 is 2.00 bits per heavy atom. The molecular formula is C13H17ClFNO3S. The van der Waals surface area contributed by atoms with E-state index in [2.05, 4.69) is 0 Å². The van der Waals surface area contributed by atoms with E-state index >= 15 is 0 Å². The maximum absolute atomic E-state index is 14.1. The number of nitrogens with zero attached hydrogens (tertiary/aromatic N) is 1. The van der Waals surface area contributed by atoms with E-state index in [4.69, 9.17) is 10.7 Å². The summed E-state index contributed by atoms with van der Waals surface area (Å²) in [5.74, 6) is -1.30. The van der Waals surface area contributed by atoms with Gasteiger partial charge < -0.3 is 4.90 Å². The maximum Gasteiger partial charge on any atom is 0.261 e. The molecule has 0 heterocycles. The summed E-state index contributed by atoms with van der Waals surface area (Å²) in [5, 5.41) is 0. The lowest BCUT2D eigenvalue weighted by Crippen LogP contribution is -2.35. The molecular weight excluding hydrogens is 305 g/mol. The Balaban J connectivity index is 3.38. The van der Waals surface area contributed by atoms with Crippen LogP contribution in [0.1, 0.15) is 36.2 Å². The largest absolute Gasteiger partial charge is 0.339 e. The molecule has 1 atom stereocenters. The van der Waals surface area contributed by atoms with Gasteiger partial charge in [0.1, 0.15) is 5.82 Å². The molecule has 0 aromatic heterocycles. The molecule has 1 aromatic rings. The number of carbonyl (C=O) groups excluding carboxylic acids is 1. The van der Waals surface area contributed by atoms with Gasteiger partial charge in [0.05, 0.1) is 10.5 Å². The Morgan fingerprint density at radius 1 is 1.45 bits per heavy atom. The molecule has 0 spiro atoms. The number of amides is 1. The van der Waals surface area contributed by atoms with Gasteiger partial charge in [-0.05, 0) is 38.0 Å². The highest BCUT2D eigenvalue weighted by Gasteiger charge is 2.24. The van der Waals surface area contributed by atoms with E-state index in [1.807, 2.05) is 13.8 Å². The van der Waals surface area contributed by atoms with Crippen LogP contribution in [-0.4, -0.2) is 32.3 Å². The summed E-state index contributed by atoms with van der Waals surface area (Å²) in [4.78, 5) is 13.3. The predicted molar refractivity (Wildman–Crippen MR) is 76.0 cm³/mol. The van der Waals surface area contributed by atoms with E-state index in [9.17, 15) is 17.6 Å². The molecule has 0 aliphatic rings. The van der Waals surface area contributed by atoms with Crippen LogP contribution in [0.2, 0.25) is 0 Å². The average molecular weight is 322 g/mol. The van der Waals surface area contributed by atoms with Crippen molar-refractivity contribution in [3.8, 4) is 0 Å². The number of hydrogen-bond acceptors (Lipinski definition) is 3. The first-order chi connectivity index (χ1) is 9.09. The first-order valence-corrected chi connectivity index (χ1v) is 8.42. The molecule has 1 amide bonds. The van der Waals surface area contributed by atoms with E-state index < -0.39 is 20.8 Å². The molecule has 0 N–H and O–H groups in total. The molecule has 20 heavy (non-hydrogen) atoms. The van der Waals surface area contributed by atoms with Gasteiger partial charge in [-0.1, -0.05) is 6.92 Å². The second-order valence-corrected chi connectivity index (χ2v) is 7.28. The van der Waals surface area contributed by atoms with E-state index in [1.54, 1.807) is 7.05 Å². The highest BCUT2D eigenvalue weighted by molar-refractivity contribution is 8.13. The van der Waals surface area contributed by atoms with Gasteiger partial charge in [0.25, 0.3) is 15.0 Å². The number of hydrogen-bond donors (Lipinski definition) is 0. The molecule has 0 aliphatic carbocycles. The molecule has 1 unspecified atom stereocenters. The number of halogens is 2. The topological polar surface area (TPSA) is 54.5 Å². The van der Waals surface area contributed by atoms with Crippen LogP contribution in [0.3, 0.4) is 0 Å². The third kappa shape index (κ3) is 3.49. The molecule has 112 valence electrons. The van der Waals surface area contributed by atoms with Gasteiger partial charge >= 0.3 is 0 Å². The van der Waals surface area contributed by atoms with Crippen molar-refractivity contribution in [3.63, 3.8) is 0 Å². The highest BCUT2D eigenvalue weighted by Crippen LogP contribution is 2.23. The van der Waals surface area contributed by atoms with Gasteiger partial charge in [-0.25, -0.2) is 12.8 Å². The Labute approximate surface area is 123 Å². The quantitative estimate of drug-likeness (QED) is 0.801. The van der Waals surface area contributed by atoms with Crippen LogP contribution in [0.4, 0.5) is 4.39 Å². The van der Waals surface area contributed by atoms with Gasteiger partial charge in [-0.15, -0.1) is 0 Å². The minimum Gasteiger partial charge on any atom is -0.339 e. The zero-order chi connectivity index (χ0) is 15.7. The maximum atomic E-state index is 14.1. The molecule has 0 radical (unpaired) electrons. The summed E-state index contributed by atoms with van der Waals surface area (Å²) in [7, 11) is 2.79. The van der Waals surface area contributed by atoms with Crippen molar-refractivity contribution in [2.75, 3.05) is 7.05 Å². The zero-order valence-electron chi connectivity index (χ0n) is 11.8. The summed E-state index contributed by atoms with van der Waals surface area (Å²) in [6, 6.07) is 2.00. The molecule has 1 rings (SSSR count). The van der Waals surface area contributed by atoms with E-state index in [0.717, 1.165) is 12.1 Å². The van der Waals surface area contributed by atoms with Crippen molar-refractivity contribution in [2.45, 2.75) is 38.1 Å². The smallest absolute Gasteiger partial charge is 0.261 e. The summed E-state index contributed by atoms with van der Waals surface area (Å²) in [6.07, 6.45) is 0.705. The van der Waals surface area contributed by atoms with E-state index in [1.165, 1.54) is 11.8 Å². The minimum atomic E-state index is -4.01. The van der Waals surface area contributed by atoms with Crippen LogP contribution in [0.5, 0.6) is 0 Å². The molecule has 4 nitrogen and oxygen atoms in total. The fourth-order valence-corrected chi connectivity index (χ4v) is 2.54. The normalized spacial score (nSPS) is 13.1. The second-order valence-electron chi connectivity index (χ2n) is 4.71. The lowest BCUT2D eigenvalue weighted by atomic mass is 10.1. The summed E-state index contributed by atoms with van der Waals surface area (Å²) in [5.41, 5.74) is -0.223. The van der Waals surface area contributed by atoms with Crippen molar-refractivity contribution < 1.29 is 17.6 Å². The zero-order valence-corrected chi connectivity index (χ0v) is 13.3. The summed E-state index contributed by atoms with van der Waals surface area (Å²) >= 11 is 0. The van der Waals surface area contributed by atoms with Crippen LogP contribution in [0.15, 0.2) is 17.0 Å². The number of rotatable bonds is 4. The van der Waals surface area contributed by atoms with Crippen molar-refractivity contribution in [2.24, 2.45) is 0 Å². The second kappa shape index (κ2) is 6.10. The first kappa shape index (κ1) is 16.9. The van der Waals surface area contributed by atoms with Crippen molar-refractivity contribution in [1.82, 2.24) is 4.90 Å². The summed E-state index contributed by atoms with van der Waals surface area (Å²) < 4.78 is 36.8. The molecule has 0 bridgehead atoms. The van der Waals surface area contributed by atoms with Crippen LogP contribution >= 0.6 is 10.7 Å². The fraction of sp³-hybridized carbons (Fsp3) is 0.462. The Kier molecular flexibility index (Phi) is 5.15. The van der Waals surface area contributed by atoms with Crippen molar-refractivity contribution in [3.05, 3.63) is 29.1 Å². The monoisotopic (exact) mass is 321 g/mol. The Bertz CT molecular complexity index is 631. The van der Waals surface area contributed by atoms with Gasteiger partial charge in [0.2, 0.25) is 0 Å². The van der Waals surface area contributed by atoms with Gasteiger partial charge in [0.15, 0.2) is 0 Å². The highest BCUT2D eigenvalue weighted by atomic mass is 35.7. The molecule has 0 aliphatic heterocycles. The Hall–Kier alpha value is -1.14. The number of benzene rings is 1. The molecule has 1 aromatic carbocycles. The predicted octanol–water partition coefficient (Wildman–Crippen LogP) is 2.93. The van der Waals surface area contributed by atoms with Crippen molar-refractivity contribution >= 4 is 25.6 Å². The summed E-state index contributed by atoms with van der Waals surface area (Å²) in [6.45, 7) is 5.11. The third-order valence-electron chi connectivity index (χ3n) is 3.31. The minimum absolute atomic E-state index is 0.0626. The molecule has 0 fully saturated rings. The lowest BCUT2D eigenvalue weighted by Gasteiger charge is -2.24. The van der Waals surface area contributed by atoms with Gasteiger partial charge in [0, 0.05) is 23.8 Å².